The second-order valence-corrected chi connectivity index (χ2v) is 8.05. The van der Waals surface area contributed by atoms with E-state index in [0.29, 0.717) is 30.3 Å². The van der Waals surface area contributed by atoms with Gasteiger partial charge in [0.2, 0.25) is 5.76 Å². The molecule has 0 unspecified atom stereocenters. The van der Waals surface area contributed by atoms with Gasteiger partial charge in [0.1, 0.15) is 18.1 Å². The van der Waals surface area contributed by atoms with E-state index >= 15 is 0 Å². The highest BCUT2D eigenvalue weighted by Gasteiger charge is 2.34. The first kappa shape index (κ1) is 24.6. The number of esters is 1. The third kappa shape index (κ3) is 5.57. The van der Waals surface area contributed by atoms with Crippen LogP contribution in [0.1, 0.15) is 39.9 Å². The number of urea groups is 1. The molecule has 9 heteroatoms. The van der Waals surface area contributed by atoms with Crippen LogP contribution in [0.2, 0.25) is 0 Å². The summed E-state index contributed by atoms with van der Waals surface area (Å²) in [6.45, 7) is 4.58. The fourth-order valence-corrected chi connectivity index (χ4v) is 3.56. The number of ether oxygens (including phenoxy) is 3. The second kappa shape index (κ2) is 10.8. The van der Waals surface area contributed by atoms with Crippen molar-refractivity contribution in [1.29, 1.82) is 0 Å². The summed E-state index contributed by atoms with van der Waals surface area (Å²) in [5.74, 6) is 0.196. The largest absolute Gasteiger partial charge is 0.490 e. The molecule has 0 saturated carbocycles. The normalized spacial score (nSPS) is 14.2. The Kier molecular flexibility index (Phi) is 7.39. The highest BCUT2D eigenvalue weighted by Crippen LogP contribution is 2.30. The van der Waals surface area contributed by atoms with Crippen LogP contribution in [-0.4, -0.2) is 36.5 Å². The van der Waals surface area contributed by atoms with Gasteiger partial charge in [-0.3, -0.25) is 9.69 Å². The summed E-state index contributed by atoms with van der Waals surface area (Å²) >= 11 is 0. The lowest BCUT2D eigenvalue weighted by molar-refractivity contribution is -0.123. The molecule has 1 saturated heterocycles. The minimum atomic E-state index is -0.643. The summed E-state index contributed by atoms with van der Waals surface area (Å²) in [5.41, 5.74) is 2.96. The molecule has 9 nitrogen and oxygen atoms in total. The highest BCUT2D eigenvalue weighted by molar-refractivity contribution is 6.13. The fraction of sp³-hybridized carbons (Fsp3) is 0.222. The molecule has 4 rings (SSSR count). The van der Waals surface area contributed by atoms with Crippen LogP contribution in [-0.2, 0) is 22.7 Å². The Bertz CT molecular complexity index is 1310. The number of furan rings is 1. The molecule has 186 valence electrons. The average molecular weight is 491 g/mol. The van der Waals surface area contributed by atoms with Gasteiger partial charge in [-0.05, 0) is 55.3 Å². The van der Waals surface area contributed by atoms with Crippen LogP contribution in [0.3, 0.4) is 0 Å². The quantitative estimate of drug-likeness (QED) is 0.268. The first-order valence-corrected chi connectivity index (χ1v) is 11.3. The molecule has 1 aliphatic heterocycles. The third-order valence-electron chi connectivity index (χ3n) is 5.42. The lowest BCUT2D eigenvalue weighted by atomic mass is 10.1. The van der Waals surface area contributed by atoms with Crippen LogP contribution in [0, 0.1) is 6.92 Å². The number of aryl methyl sites for hydroxylation is 1. The smallest absolute Gasteiger partial charge is 0.373 e. The van der Waals surface area contributed by atoms with Crippen molar-refractivity contribution in [2.24, 2.45) is 0 Å². The summed E-state index contributed by atoms with van der Waals surface area (Å²) in [5, 5.41) is 2.57. The third-order valence-corrected chi connectivity index (χ3v) is 5.42. The van der Waals surface area contributed by atoms with Gasteiger partial charge in [-0.25, -0.2) is 9.59 Å². The van der Waals surface area contributed by atoms with E-state index in [1.165, 1.54) is 24.8 Å². The van der Waals surface area contributed by atoms with Crippen molar-refractivity contribution in [1.82, 2.24) is 10.2 Å². The van der Waals surface area contributed by atoms with Gasteiger partial charge in [0.15, 0.2) is 11.5 Å². The van der Waals surface area contributed by atoms with Crippen molar-refractivity contribution in [3.8, 4) is 11.5 Å². The van der Waals surface area contributed by atoms with Gasteiger partial charge >= 0.3 is 12.0 Å². The number of benzene rings is 2. The molecule has 3 amide bonds. The Balaban J connectivity index is 1.48. The van der Waals surface area contributed by atoms with Gasteiger partial charge in [-0.1, -0.05) is 35.9 Å². The Morgan fingerprint density at radius 2 is 1.81 bits per heavy atom. The van der Waals surface area contributed by atoms with E-state index < -0.39 is 17.9 Å². The molecule has 1 N–H and O–H groups in total. The van der Waals surface area contributed by atoms with Gasteiger partial charge in [0, 0.05) is 0 Å². The number of imide groups is 1. The van der Waals surface area contributed by atoms with Crippen LogP contribution < -0.4 is 14.8 Å². The summed E-state index contributed by atoms with van der Waals surface area (Å²) in [7, 11) is 1.23. The molecule has 0 aliphatic carbocycles. The number of carbonyl (C=O) groups is 3. The Morgan fingerprint density at radius 1 is 1.03 bits per heavy atom. The van der Waals surface area contributed by atoms with E-state index in [2.05, 4.69) is 10.1 Å². The number of hydrogen-bond donors (Lipinski definition) is 1. The van der Waals surface area contributed by atoms with Gasteiger partial charge in [0.25, 0.3) is 5.91 Å². The molecule has 36 heavy (non-hydrogen) atoms. The Labute approximate surface area is 208 Å². The first-order chi connectivity index (χ1) is 17.4. The van der Waals surface area contributed by atoms with Crippen LogP contribution in [0.5, 0.6) is 11.5 Å². The van der Waals surface area contributed by atoms with Crippen LogP contribution in [0.25, 0.3) is 6.08 Å². The number of carbonyl (C=O) groups excluding carboxylic acids is 3. The SMILES string of the molecule is CCOc1cc(/C=C2\NC(=O)N(Cc3ccc(C(=O)OC)o3)C2=O)ccc1OCc1ccc(C)cc1. The zero-order valence-corrected chi connectivity index (χ0v) is 20.2. The van der Waals surface area contributed by atoms with Crippen LogP contribution in [0.15, 0.2) is 64.7 Å². The molecule has 1 aliphatic rings. The van der Waals surface area contributed by atoms with Crippen LogP contribution in [0.4, 0.5) is 4.79 Å². The summed E-state index contributed by atoms with van der Waals surface area (Å²) in [4.78, 5) is 37.9. The minimum absolute atomic E-state index is 0.0107. The topological polar surface area (TPSA) is 107 Å². The van der Waals surface area contributed by atoms with Crippen molar-refractivity contribution in [2.75, 3.05) is 13.7 Å². The van der Waals surface area contributed by atoms with Crippen molar-refractivity contribution < 1.29 is 33.0 Å². The predicted molar refractivity (Wildman–Crippen MR) is 130 cm³/mol. The molecule has 0 bridgehead atoms. The highest BCUT2D eigenvalue weighted by atomic mass is 16.5. The Hall–Kier alpha value is -4.53. The molecule has 3 aromatic rings. The van der Waals surface area contributed by atoms with Crippen LogP contribution >= 0.6 is 0 Å². The van der Waals surface area contributed by atoms with Crippen molar-refractivity contribution >= 4 is 24.0 Å². The van der Waals surface area contributed by atoms with E-state index in [1.54, 1.807) is 24.3 Å². The maximum Gasteiger partial charge on any atom is 0.373 e. The van der Waals surface area contributed by atoms with E-state index in [4.69, 9.17) is 13.9 Å². The molecule has 1 fully saturated rings. The number of nitrogens with zero attached hydrogens (tertiary/aromatic N) is 1. The summed E-state index contributed by atoms with van der Waals surface area (Å²) in [6, 6.07) is 15.7. The van der Waals surface area contributed by atoms with E-state index in [0.717, 1.165) is 10.5 Å². The fourth-order valence-electron chi connectivity index (χ4n) is 3.56. The molecule has 2 heterocycles. The standard InChI is InChI=1S/C27H26N2O7/c1-4-34-24-14-19(9-11-22(24)35-16-18-7-5-17(2)6-8-18)13-21-25(30)29(27(32)28-21)15-20-10-12-23(36-20)26(31)33-3/h5-14H,4,15-16H2,1-3H3,(H,28,32)/b21-13-. The van der Waals surface area contributed by atoms with Gasteiger partial charge in [0.05, 0.1) is 20.3 Å². The van der Waals surface area contributed by atoms with Gasteiger partial charge in [-0.2, -0.15) is 0 Å². The van der Waals surface area contributed by atoms with E-state index in [9.17, 15) is 14.4 Å². The molecular formula is C27H26N2O7. The molecule has 2 aromatic carbocycles. The molecule has 1 aromatic heterocycles. The van der Waals surface area contributed by atoms with E-state index in [1.807, 2.05) is 38.1 Å². The number of rotatable bonds is 9. The summed E-state index contributed by atoms with van der Waals surface area (Å²) < 4.78 is 21.7. The van der Waals surface area contributed by atoms with Crippen molar-refractivity contribution in [2.45, 2.75) is 27.0 Å². The zero-order chi connectivity index (χ0) is 25.7. The van der Waals surface area contributed by atoms with E-state index in [-0.39, 0.29) is 23.8 Å². The maximum atomic E-state index is 12.9. The van der Waals surface area contributed by atoms with Crippen molar-refractivity contribution in [3.05, 3.63) is 88.5 Å². The van der Waals surface area contributed by atoms with Crippen molar-refractivity contribution in [3.63, 3.8) is 0 Å². The lowest BCUT2D eigenvalue weighted by Crippen LogP contribution is -2.30. The molecule has 0 radical (unpaired) electrons. The monoisotopic (exact) mass is 490 g/mol. The lowest BCUT2D eigenvalue weighted by Gasteiger charge is -2.13. The van der Waals surface area contributed by atoms with Gasteiger partial charge < -0.3 is 23.9 Å². The predicted octanol–water partition coefficient (Wildman–Crippen LogP) is 4.45. The number of methoxy groups -OCH3 is 1. The number of hydrogen-bond acceptors (Lipinski definition) is 7. The molecule has 0 atom stereocenters. The maximum absolute atomic E-state index is 12.9. The average Bonchev–Trinajstić information content (AvgIpc) is 3.45. The molecule has 0 spiro atoms. The minimum Gasteiger partial charge on any atom is -0.490 e. The summed E-state index contributed by atoms with van der Waals surface area (Å²) in [6.07, 6.45) is 1.56. The molecular weight excluding hydrogens is 464 g/mol. The zero-order valence-electron chi connectivity index (χ0n) is 20.2. The number of nitrogens with one attached hydrogen (secondary N) is 1. The Morgan fingerprint density at radius 3 is 2.53 bits per heavy atom. The first-order valence-electron chi connectivity index (χ1n) is 11.3. The number of amides is 3. The second-order valence-electron chi connectivity index (χ2n) is 8.05. The van der Waals surface area contributed by atoms with Gasteiger partial charge in [-0.15, -0.1) is 0 Å².